The average molecular weight is 315 g/mol. The molecule has 0 saturated carbocycles. The standard InChI is InChI=1S/C13H19ClN4OS/c1-4-18-10(12(14)8(2)17-18)7-9(16-15)13-11(19-3)5-6-20-13/h5-6,9,16H,4,7,15H2,1-3H3. The summed E-state index contributed by atoms with van der Waals surface area (Å²) in [6, 6.07) is 1.89. The molecule has 0 aliphatic heterocycles. The fourth-order valence-corrected chi connectivity index (χ4v) is 3.35. The van der Waals surface area contributed by atoms with Crippen molar-refractivity contribution in [2.75, 3.05) is 7.11 Å². The number of nitrogens with one attached hydrogen (secondary N) is 1. The van der Waals surface area contributed by atoms with Gasteiger partial charge in [-0.2, -0.15) is 5.10 Å². The molecule has 20 heavy (non-hydrogen) atoms. The molecule has 110 valence electrons. The number of thiophene rings is 1. The van der Waals surface area contributed by atoms with E-state index < -0.39 is 0 Å². The summed E-state index contributed by atoms with van der Waals surface area (Å²) in [5.74, 6) is 6.55. The summed E-state index contributed by atoms with van der Waals surface area (Å²) in [6.45, 7) is 4.74. The molecule has 0 amide bonds. The zero-order chi connectivity index (χ0) is 14.7. The number of rotatable bonds is 6. The number of hydrogen-bond donors (Lipinski definition) is 2. The van der Waals surface area contributed by atoms with Crippen LogP contribution in [0.2, 0.25) is 5.02 Å². The van der Waals surface area contributed by atoms with Crippen LogP contribution in [0.5, 0.6) is 5.75 Å². The maximum Gasteiger partial charge on any atom is 0.134 e. The molecule has 2 heterocycles. The smallest absolute Gasteiger partial charge is 0.134 e. The van der Waals surface area contributed by atoms with Gasteiger partial charge in [-0.15, -0.1) is 11.3 Å². The number of nitrogens with zero attached hydrogens (tertiary/aromatic N) is 2. The highest BCUT2D eigenvalue weighted by molar-refractivity contribution is 7.10. The summed E-state index contributed by atoms with van der Waals surface area (Å²) in [4.78, 5) is 1.06. The number of nitrogens with two attached hydrogens (primary N) is 1. The van der Waals surface area contributed by atoms with Crippen molar-refractivity contribution < 1.29 is 4.74 Å². The van der Waals surface area contributed by atoms with Gasteiger partial charge in [0.25, 0.3) is 0 Å². The minimum Gasteiger partial charge on any atom is -0.496 e. The van der Waals surface area contributed by atoms with E-state index in [1.54, 1.807) is 18.4 Å². The first-order valence-corrected chi connectivity index (χ1v) is 7.67. The second-order valence-electron chi connectivity index (χ2n) is 4.44. The van der Waals surface area contributed by atoms with E-state index >= 15 is 0 Å². The van der Waals surface area contributed by atoms with Crippen LogP contribution in [-0.4, -0.2) is 16.9 Å². The Hall–Kier alpha value is -1.08. The van der Waals surface area contributed by atoms with Gasteiger partial charge >= 0.3 is 0 Å². The highest BCUT2D eigenvalue weighted by atomic mass is 35.5. The fraction of sp³-hybridized carbons (Fsp3) is 0.462. The zero-order valence-corrected chi connectivity index (χ0v) is 13.4. The van der Waals surface area contributed by atoms with Crippen LogP contribution in [0.25, 0.3) is 0 Å². The Labute approximate surface area is 127 Å². The van der Waals surface area contributed by atoms with Crippen LogP contribution in [0.3, 0.4) is 0 Å². The van der Waals surface area contributed by atoms with E-state index in [1.807, 2.05) is 30.0 Å². The lowest BCUT2D eigenvalue weighted by Crippen LogP contribution is -2.30. The normalized spacial score (nSPS) is 12.7. The van der Waals surface area contributed by atoms with Gasteiger partial charge in [0.05, 0.1) is 34.4 Å². The lowest BCUT2D eigenvalue weighted by atomic mass is 10.1. The molecule has 7 heteroatoms. The van der Waals surface area contributed by atoms with Crippen LogP contribution in [0.1, 0.15) is 29.2 Å². The van der Waals surface area contributed by atoms with E-state index in [1.165, 1.54) is 0 Å². The molecular formula is C13H19ClN4OS. The molecular weight excluding hydrogens is 296 g/mol. The predicted octanol–water partition coefficient (Wildman–Crippen LogP) is 2.68. The molecule has 0 aromatic carbocycles. The monoisotopic (exact) mass is 314 g/mol. The first kappa shape index (κ1) is 15.3. The van der Waals surface area contributed by atoms with E-state index in [0.717, 1.165) is 28.6 Å². The first-order chi connectivity index (χ1) is 9.62. The average Bonchev–Trinajstić information content (AvgIpc) is 3.03. The van der Waals surface area contributed by atoms with Crippen LogP contribution in [0, 0.1) is 6.92 Å². The summed E-state index contributed by atoms with van der Waals surface area (Å²) in [6.07, 6.45) is 0.668. The van der Waals surface area contributed by atoms with Gasteiger partial charge in [-0.05, 0) is 25.3 Å². The van der Waals surface area contributed by atoms with Crippen molar-refractivity contribution in [2.45, 2.75) is 32.9 Å². The molecule has 2 aromatic rings. The predicted molar refractivity (Wildman–Crippen MR) is 82.3 cm³/mol. The Morgan fingerprint density at radius 3 is 2.95 bits per heavy atom. The highest BCUT2D eigenvalue weighted by Crippen LogP contribution is 2.34. The zero-order valence-electron chi connectivity index (χ0n) is 11.8. The maximum atomic E-state index is 6.35. The quantitative estimate of drug-likeness (QED) is 0.635. The highest BCUT2D eigenvalue weighted by Gasteiger charge is 2.21. The second-order valence-corrected chi connectivity index (χ2v) is 5.76. The van der Waals surface area contributed by atoms with Crippen molar-refractivity contribution in [3.05, 3.63) is 32.7 Å². The van der Waals surface area contributed by atoms with Gasteiger partial charge in [0.15, 0.2) is 0 Å². The third-order valence-corrected chi connectivity index (χ3v) is 4.75. The Bertz CT molecular complexity index is 581. The topological polar surface area (TPSA) is 65.1 Å². The number of ether oxygens (including phenoxy) is 1. The number of hydrazine groups is 1. The minimum atomic E-state index is -0.0520. The molecule has 2 rings (SSSR count). The molecule has 1 atom stereocenters. The number of hydrogen-bond acceptors (Lipinski definition) is 5. The largest absolute Gasteiger partial charge is 0.496 e. The molecule has 0 spiro atoms. The van der Waals surface area contributed by atoms with E-state index in [9.17, 15) is 0 Å². The molecule has 0 saturated heterocycles. The number of halogens is 1. The van der Waals surface area contributed by atoms with E-state index in [-0.39, 0.29) is 6.04 Å². The van der Waals surface area contributed by atoms with Crippen LogP contribution in [-0.2, 0) is 13.0 Å². The molecule has 0 aliphatic carbocycles. The SMILES string of the molecule is CCn1nc(C)c(Cl)c1CC(NN)c1sccc1OC. The molecule has 2 aromatic heterocycles. The van der Waals surface area contributed by atoms with Gasteiger partial charge in [0.1, 0.15) is 5.75 Å². The Morgan fingerprint density at radius 2 is 2.35 bits per heavy atom. The molecule has 0 bridgehead atoms. The maximum absolute atomic E-state index is 6.35. The number of aryl methyl sites for hydroxylation is 2. The van der Waals surface area contributed by atoms with Crippen LogP contribution < -0.4 is 16.0 Å². The summed E-state index contributed by atoms with van der Waals surface area (Å²) >= 11 is 7.96. The summed E-state index contributed by atoms with van der Waals surface area (Å²) in [7, 11) is 1.66. The lowest BCUT2D eigenvalue weighted by Gasteiger charge is -2.17. The lowest BCUT2D eigenvalue weighted by molar-refractivity contribution is 0.402. The Morgan fingerprint density at radius 1 is 1.60 bits per heavy atom. The molecule has 0 fully saturated rings. The van der Waals surface area contributed by atoms with Crippen molar-refractivity contribution in [1.82, 2.24) is 15.2 Å². The third kappa shape index (κ3) is 2.83. The summed E-state index contributed by atoms with van der Waals surface area (Å²) in [5.41, 5.74) is 4.68. The van der Waals surface area contributed by atoms with Crippen molar-refractivity contribution in [3.63, 3.8) is 0 Å². The summed E-state index contributed by atoms with van der Waals surface area (Å²) in [5, 5.41) is 7.13. The van der Waals surface area contributed by atoms with Gasteiger partial charge in [0.2, 0.25) is 0 Å². The molecule has 1 unspecified atom stereocenters. The van der Waals surface area contributed by atoms with Gasteiger partial charge in [-0.1, -0.05) is 11.6 Å². The molecule has 3 N–H and O–H groups in total. The van der Waals surface area contributed by atoms with Gasteiger partial charge < -0.3 is 4.74 Å². The molecule has 5 nitrogen and oxygen atoms in total. The van der Waals surface area contributed by atoms with Gasteiger partial charge in [0, 0.05) is 13.0 Å². The van der Waals surface area contributed by atoms with Crippen LogP contribution in [0.4, 0.5) is 0 Å². The molecule has 0 radical (unpaired) electrons. The third-order valence-electron chi connectivity index (χ3n) is 3.25. The van der Waals surface area contributed by atoms with Crippen molar-refractivity contribution in [2.24, 2.45) is 5.84 Å². The second kappa shape index (κ2) is 6.58. The van der Waals surface area contributed by atoms with Crippen LogP contribution >= 0.6 is 22.9 Å². The van der Waals surface area contributed by atoms with Crippen molar-refractivity contribution >= 4 is 22.9 Å². The molecule has 0 aliphatic rings. The van der Waals surface area contributed by atoms with E-state index in [4.69, 9.17) is 22.2 Å². The minimum absolute atomic E-state index is 0.0520. The Balaban J connectivity index is 2.31. The number of aromatic nitrogens is 2. The number of methoxy groups -OCH3 is 1. The Kier molecular flexibility index (Phi) is 5.04. The van der Waals surface area contributed by atoms with E-state index in [2.05, 4.69) is 10.5 Å². The van der Waals surface area contributed by atoms with Gasteiger partial charge in [-0.3, -0.25) is 16.0 Å². The van der Waals surface area contributed by atoms with Gasteiger partial charge in [-0.25, -0.2) is 0 Å². The van der Waals surface area contributed by atoms with E-state index in [0.29, 0.717) is 11.4 Å². The van der Waals surface area contributed by atoms with Crippen molar-refractivity contribution in [1.29, 1.82) is 0 Å². The summed E-state index contributed by atoms with van der Waals surface area (Å²) < 4.78 is 7.28. The van der Waals surface area contributed by atoms with Crippen molar-refractivity contribution in [3.8, 4) is 5.75 Å². The van der Waals surface area contributed by atoms with Crippen LogP contribution in [0.15, 0.2) is 11.4 Å². The first-order valence-electron chi connectivity index (χ1n) is 6.41. The fourth-order valence-electron chi connectivity index (χ4n) is 2.22.